The van der Waals surface area contributed by atoms with Crippen LogP contribution in [-0.2, 0) is 6.18 Å². The van der Waals surface area contributed by atoms with Gasteiger partial charge in [-0.1, -0.05) is 0 Å². The van der Waals surface area contributed by atoms with Crippen molar-refractivity contribution < 1.29 is 22.7 Å². The fourth-order valence-corrected chi connectivity index (χ4v) is 0.811. The van der Waals surface area contributed by atoms with E-state index < -0.39 is 17.3 Å². The number of alkyl halides is 3. The highest BCUT2D eigenvalue weighted by Crippen LogP contribution is 2.29. The molecule has 0 bridgehead atoms. The number of halogens is 4. The number of pyridine rings is 1. The summed E-state index contributed by atoms with van der Waals surface area (Å²) in [4.78, 5) is 13.3. The molecule has 0 amide bonds. The van der Waals surface area contributed by atoms with Gasteiger partial charge in [0.1, 0.15) is 11.4 Å². The van der Waals surface area contributed by atoms with E-state index in [-0.39, 0.29) is 5.75 Å². The van der Waals surface area contributed by atoms with E-state index in [4.69, 9.17) is 11.6 Å². The van der Waals surface area contributed by atoms with Crippen molar-refractivity contribution in [3.8, 4) is 5.75 Å². The predicted molar refractivity (Wildman–Crippen MR) is 41.1 cm³/mol. The van der Waals surface area contributed by atoms with E-state index in [9.17, 15) is 18.0 Å². The van der Waals surface area contributed by atoms with Gasteiger partial charge in [0.15, 0.2) is 0 Å². The normalized spacial score (nSPS) is 11.1. The Bertz CT molecular complexity index is 353. The van der Waals surface area contributed by atoms with Gasteiger partial charge in [-0.15, -0.1) is 0 Å². The smallest absolute Gasteiger partial charge is 0.414 e. The molecule has 0 saturated heterocycles. The van der Waals surface area contributed by atoms with E-state index >= 15 is 0 Å². The minimum atomic E-state index is -4.57. The largest absolute Gasteiger partial charge is 0.433 e. The molecular formula is C7H3ClF3NO2. The predicted octanol–water partition coefficient (Wildman–Crippen LogP) is 2.84. The molecule has 3 nitrogen and oxygen atoms in total. The summed E-state index contributed by atoms with van der Waals surface area (Å²) in [5.74, 6) is -0.299. The van der Waals surface area contributed by atoms with Crippen LogP contribution in [0.3, 0.4) is 0 Å². The maximum absolute atomic E-state index is 12.1. The summed E-state index contributed by atoms with van der Waals surface area (Å²) in [7, 11) is 0. The quantitative estimate of drug-likeness (QED) is 0.690. The number of hydrogen-bond donors (Lipinski definition) is 0. The SMILES string of the molecule is O=C(Cl)Oc1ccnc(C(F)(F)F)c1. The average Bonchev–Trinajstić information content (AvgIpc) is 2.01. The van der Waals surface area contributed by atoms with Crippen molar-refractivity contribution in [1.82, 2.24) is 4.98 Å². The number of ether oxygens (including phenoxy) is 1. The second kappa shape index (κ2) is 3.83. The lowest BCUT2D eigenvalue weighted by Crippen LogP contribution is -2.08. The van der Waals surface area contributed by atoms with Crippen LogP contribution in [0.4, 0.5) is 18.0 Å². The van der Waals surface area contributed by atoms with Crippen molar-refractivity contribution in [3.05, 3.63) is 24.0 Å². The van der Waals surface area contributed by atoms with Gasteiger partial charge >= 0.3 is 11.6 Å². The number of aromatic nitrogens is 1. The maximum atomic E-state index is 12.1. The van der Waals surface area contributed by atoms with Crippen molar-refractivity contribution in [3.63, 3.8) is 0 Å². The summed E-state index contributed by atoms with van der Waals surface area (Å²) < 4.78 is 40.4. The van der Waals surface area contributed by atoms with Crippen LogP contribution >= 0.6 is 11.6 Å². The Kier molecular flexibility index (Phi) is 2.95. The molecule has 1 aromatic heterocycles. The van der Waals surface area contributed by atoms with Gasteiger partial charge in [-0.05, 0) is 6.07 Å². The Hall–Kier alpha value is -1.30. The summed E-state index contributed by atoms with van der Waals surface area (Å²) in [5.41, 5.74) is -2.35. The molecule has 0 unspecified atom stereocenters. The van der Waals surface area contributed by atoms with E-state index in [0.29, 0.717) is 6.07 Å². The first kappa shape index (κ1) is 10.8. The molecule has 0 N–H and O–H groups in total. The summed E-state index contributed by atoms with van der Waals surface area (Å²) in [6.07, 6.45) is -3.70. The van der Waals surface area contributed by atoms with Gasteiger partial charge in [-0.25, -0.2) is 4.79 Å². The van der Waals surface area contributed by atoms with Crippen molar-refractivity contribution in [2.45, 2.75) is 6.18 Å². The molecule has 0 aliphatic carbocycles. The Morgan fingerprint density at radius 1 is 1.50 bits per heavy atom. The van der Waals surface area contributed by atoms with Gasteiger partial charge in [-0.2, -0.15) is 13.2 Å². The molecule has 1 heterocycles. The lowest BCUT2D eigenvalue weighted by Gasteiger charge is -2.06. The summed E-state index contributed by atoms with van der Waals surface area (Å²) in [5, 5.41) is 0. The zero-order valence-electron chi connectivity index (χ0n) is 6.51. The molecule has 0 saturated carbocycles. The van der Waals surface area contributed by atoms with Gasteiger partial charge in [-0.3, -0.25) is 4.98 Å². The molecule has 14 heavy (non-hydrogen) atoms. The Balaban J connectivity index is 2.95. The van der Waals surface area contributed by atoms with E-state index in [1.807, 2.05) is 0 Å². The lowest BCUT2D eigenvalue weighted by molar-refractivity contribution is -0.141. The monoisotopic (exact) mass is 225 g/mol. The van der Waals surface area contributed by atoms with Crippen molar-refractivity contribution >= 4 is 17.0 Å². The topological polar surface area (TPSA) is 39.2 Å². The molecule has 0 atom stereocenters. The molecule has 1 aromatic rings. The van der Waals surface area contributed by atoms with Crippen LogP contribution in [0.5, 0.6) is 5.75 Å². The minimum absolute atomic E-state index is 0.299. The number of carbonyl (C=O) groups is 1. The number of nitrogens with zero attached hydrogens (tertiary/aromatic N) is 1. The summed E-state index contributed by atoms with van der Waals surface area (Å²) in [6, 6.07) is 1.68. The van der Waals surface area contributed by atoms with Crippen LogP contribution in [0, 0.1) is 0 Å². The van der Waals surface area contributed by atoms with E-state index in [1.165, 1.54) is 0 Å². The van der Waals surface area contributed by atoms with Crippen LogP contribution < -0.4 is 4.74 Å². The first-order valence-corrected chi connectivity index (χ1v) is 3.68. The van der Waals surface area contributed by atoms with Gasteiger partial charge < -0.3 is 4.74 Å². The van der Waals surface area contributed by atoms with E-state index in [2.05, 4.69) is 9.72 Å². The maximum Gasteiger partial charge on any atom is 0.433 e. The van der Waals surface area contributed by atoms with Crippen LogP contribution in [0.1, 0.15) is 5.69 Å². The molecule has 0 spiro atoms. The Morgan fingerprint density at radius 3 is 2.64 bits per heavy atom. The van der Waals surface area contributed by atoms with Gasteiger partial charge in [0.2, 0.25) is 0 Å². The molecular weight excluding hydrogens is 223 g/mol. The summed E-state index contributed by atoms with van der Waals surface area (Å²) >= 11 is 4.82. The van der Waals surface area contributed by atoms with Crippen molar-refractivity contribution in [2.24, 2.45) is 0 Å². The highest BCUT2D eigenvalue weighted by molar-refractivity contribution is 6.61. The van der Waals surface area contributed by atoms with Crippen LogP contribution in [0.25, 0.3) is 0 Å². The first-order valence-electron chi connectivity index (χ1n) is 3.30. The van der Waals surface area contributed by atoms with Crippen LogP contribution in [-0.4, -0.2) is 10.4 Å². The third-order valence-corrected chi connectivity index (χ3v) is 1.30. The van der Waals surface area contributed by atoms with E-state index in [0.717, 1.165) is 12.3 Å². The van der Waals surface area contributed by atoms with Gasteiger partial charge in [0.25, 0.3) is 0 Å². The average molecular weight is 226 g/mol. The second-order valence-electron chi connectivity index (χ2n) is 2.21. The zero-order valence-corrected chi connectivity index (χ0v) is 7.26. The van der Waals surface area contributed by atoms with Crippen LogP contribution in [0.2, 0.25) is 0 Å². The minimum Gasteiger partial charge on any atom is -0.414 e. The number of rotatable bonds is 1. The van der Waals surface area contributed by atoms with Gasteiger partial charge in [0.05, 0.1) is 0 Å². The summed E-state index contributed by atoms with van der Waals surface area (Å²) in [6.45, 7) is 0. The highest BCUT2D eigenvalue weighted by Gasteiger charge is 2.32. The molecule has 1 rings (SSSR count). The third kappa shape index (κ3) is 2.88. The second-order valence-corrected chi connectivity index (χ2v) is 2.52. The first-order chi connectivity index (χ1) is 6.39. The zero-order chi connectivity index (χ0) is 10.8. The third-order valence-electron chi connectivity index (χ3n) is 1.22. The van der Waals surface area contributed by atoms with Gasteiger partial charge in [0, 0.05) is 23.9 Å². The highest BCUT2D eigenvalue weighted by atomic mass is 35.5. The fourth-order valence-electron chi connectivity index (χ4n) is 0.722. The molecule has 0 aromatic carbocycles. The molecule has 0 fully saturated rings. The molecule has 76 valence electrons. The fraction of sp³-hybridized carbons (Fsp3) is 0.143. The molecule has 0 radical (unpaired) electrons. The van der Waals surface area contributed by atoms with Crippen LogP contribution in [0.15, 0.2) is 18.3 Å². The number of hydrogen-bond acceptors (Lipinski definition) is 3. The Morgan fingerprint density at radius 2 is 2.14 bits per heavy atom. The van der Waals surface area contributed by atoms with Crippen molar-refractivity contribution in [1.29, 1.82) is 0 Å². The molecule has 0 aliphatic heterocycles. The van der Waals surface area contributed by atoms with E-state index in [1.54, 1.807) is 0 Å². The lowest BCUT2D eigenvalue weighted by atomic mass is 10.3. The molecule has 7 heteroatoms. The number of carbonyl (C=O) groups excluding carboxylic acids is 1. The van der Waals surface area contributed by atoms with Crippen molar-refractivity contribution in [2.75, 3.05) is 0 Å². The molecule has 0 aliphatic rings. The Labute approximate surface area is 81.5 Å². The standard InChI is InChI=1S/C7H3ClF3NO2/c8-6(13)14-4-1-2-12-5(3-4)7(9,10)11/h1-3H.